The largest absolute Gasteiger partial charge is 0.495 e. The number of rotatable bonds is 6. The molecule has 0 aliphatic heterocycles. The molecule has 7 heteroatoms. The van der Waals surface area contributed by atoms with Crippen molar-refractivity contribution in [3.63, 3.8) is 0 Å². The zero-order chi connectivity index (χ0) is 13.8. The molecule has 1 aromatic carbocycles. The summed E-state index contributed by atoms with van der Waals surface area (Å²) >= 11 is 2.93. The SMILES string of the molecule is COc1ccc(CN(C)C)cc1NS(=O)(=O)CBr. The van der Waals surface area contributed by atoms with Crippen LogP contribution in [0.25, 0.3) is 0 Å². The van der Waals surface area contributed by atoms with Crippen LogP contribution in [0.2, 0.25) is 0 Å². The summed E-state index contributed by atoms with van der Waals surface area (Å²) in [7, 11) is 2.03. The molecule has 1 rings (SSSR count). The van der Waals surface area contributed by atoms with Gasteiger partial charge in [-0.3, -0.25) is 4.72 Å². The van der Waals surface area contributed by atoms with Gasteiger partial charge in [0, 0.05) is 6.54 Å². The molecule has 0 spiro atoms. The van der Waals surface area contributed by atoms with E-state index in [9.17, 15) is 8.42 Å². The molecule has 102 valence electrons. The van der Waals surface area contributed by atoms with E-state index in [4.69, 9.17) is 4.74 Å². The molecule has 18 heavy (non-hydrogen) atoms. The molecule has 0 saturated heterocycles. The Morgan fingerprint density at radius 1 is 1.39 bits per heavy atom. The lowest BCUT2D eigenvalue weighted by Crippen LogP contribution is -2.15. The molecular weight excluding hydrogens is 320 g/mol. The number of methoxy groups -OCH3 is 1. The average Bonchev–Trinajstić information content (AvgIpc) is 2.28. The quantitative estimate of drug-likeness (QED) is 0.805. The van der Waals surface area contributed by atoms with Crippen LogP contribution in [0.4, 0.5) is 5.69 Å². The Labute approximate surface area is 116 Å². The highest BCUT2D eigenvalue weighted by molar-refractivity contribution is 9.10. The van der Waals surface area contributed by atoms with E-state index in [1.165, 1.54) is 7.11 Å². The van der Waals surface area contributed by atoms with E-state index in [1.54, 1.807) is 12.1 Å². The van der Waals surface area contributed by atoms with Crippen LogP contribution in [0.15, 0.2) is 18.2 Å². The van der Waals surface area contributed by atoms with Crippen molar-refractivity contribution >= 4 is 31.6 Å². The first-order chi connectivity index (χ1) is 8.38. The summed E-state index contributed by atoms with van der Waals surface area (Å²) in [4.78, 5) is 2.00. The molecule has 1 aromatic rings. The van der Waals surface area contributed by atoms with E-state index in [2.05, 4.69) is 20.7 Å². The van der Waals surface area contributed by atoms with Crippen molar-refractivity contribution in [3.05, 3.63) is 23.8 Å². The lowest BCUT2D eigenvalue weighted by molar-refractivity contribution is 0.400. The van der Waals surface area contributed by atoms with Gasteiger partial charge in [0.15, 0.2) is 0 Å². The highest BCUT2D eigenvalue weighted by Crippen LogP contribution is 2.27. The standard InChI is InChI=1S/C11H17BrN2O3S/c1-14(2)7-9-4-5-11(17-3)10(6-9)13-18(15,16)8-12/h4-6,13H,7-8H2,1-3H3. The first-order valence-corrected chi connectivity index (χ1v) is 8.03. The van der Waals surface area contributed by atoms with Gasteiger partial charge >= 0.3 is 0 Å². The third kappa shape index (κ3) is 4.47. The zero-order valence-electron chi connectivity index (χ0n) is 10.6. The summed E-state index contributed by atoms with van der Waals surface area (Å²) in [5.41, 5.74) is 1.46. The minimum atomic E-state index is -3.38. The van der Waals surface area contributed by atoms with Gasteiger partial charge in [-0.2, -0.15) is 0 Å². The van der Waals surface area contributed by atoms with Crippen LogP contribution < -0.4 is 9.46 Å². The zero-order valence-corrected chi connectivity index (χ0v) is 13.0. The fourth-order valence-electron chi connectivity index (χ4n) is 1.49. The number of halogens is 1. The Kier molecular flexibility index (Phi) is 5.43. The van der Waals surface area contributed by atoms with Crippen LogP contribution in [0.1, 0.15) is 5.56 Å². The number of anilines is 1. The third-order valence-electron chi connectivity index (χ3n) is 2.17. The molecule has 0 aliphatic carbocycles. The Morgan fingerprint density at radius 2 is 2.06 bits per heavy atom. The van der Waals surface area contributed by atoms with E-state index < -0.39 is 10.0 Å². The van der Waals surface area contributed by atoms with E-state index in [0.29, 0.717) is 11.4 Å². The topological polar surface area (TPSA) is 58.6 Å². The van der Waals surface area contributed by atoms with E-state index in [1.807, 2.05) is 25.1 Å². The van der Waals surface area contributed by atoms with Crippen molar-refractivity contribution in [2.45, 2.75) is 6.54 Å². The van der Waals surface area contributed by atoms with Gasteiger partial charge in [0.2, 0.25) is 10.0 Å². The Balaban J connectivity index is 3.06. The van der Waals surface area contributed by atoms with Gasteiger partial charge in [0.1, 0.15) is 10.4 Å². The summed E-state index contributed by atoms with van der Waals surface area (Å²) < 4.78 is 30.6. The summed E-state index contributed by atoms with van der Waals surface area (Å²) in [6.45, 7) is 0.729. The Bertz CT molecular complexity index is 503. The van der Waals surface area contributed by atoms with Gasteiger partial charge in [0.05, 0.1) is 12.8 Å². The molecule has 0 bridgehead atoms. The number of sulfonamides is 1. The molecule has 0 heterocycles. The van der Waals surface area contributed by atoms with Crippen molar-refractivity contribution in [2.75, 3.05) is 30.6 Å². The van der Waals surface area contributed by atoms with Crippen LogP contribution in [0, 0.1) is 0 Å². The monoisotopic (exact) mass is 336 g/mol. The van der Waals surface area contributed by atoms with Crippen molar-refractivity contribution in [2.24, 2.45) is 0 Å². The summed E-state index contributed by atoms with van der Waals surface area (Å²) in [5.74, 6) is 0.502. The van der Waals surface area contributed by atoms with Crippen LogP contribution in [-0.2, 0) is 16.6 Å². The molecule has 0 aliphatic rings. The predicted octanol–water partition coefficient (Wildman–Crippen LogP) is 1.85. The van der Waals surface area contributed by atoms with Gasteiger partial charge in [0.25, 0.3) is 0 Å². The van der Waals surface area contributed by atoms with Crippen LogP contribution in [-0.4, -0.2) is 39.2 Å². The van der Waals surface area contributed by atoms with E-state index in [0.717, 1.165) is 12.1 Å². The fraction of sp³-hybridized carbons (Fsp3) is 0.455. The van der Waals surface area contributed by atoms with Gasteiger partial charge in [-0.05, 0) is 31.8 Å². The number of nitrogens with zero attached hydrogens (tertiary/aromatic N) is 1. The normalized spacial score (nSPS) is 11.6. The van der Waals surface area contributed by atoms with Crippen LogP contribution in [0.3, 0.4) is 0 Å². The van der Waals surface area contributed by atoms with Crippen LogP contribution >= 0.6 is 15.9 Å². The Morgan fingerprint density at radius 3 is 2.56 bits per heavy atom. The van der Waals surface area contributed by atoms with Gasteiger partial charge < -0.3 is 9.64 Å². The molecule has 0 fully saturated rings. The van der Waals surface area contributed by atoms with Gasteiger partial charge in [-0.25, -0.2) is 8.42 Å². The van der Waals surface area contributed by atoms with Crippen molar-refractivity contribution in [3.8, 4) is 5.75 Å². The molecule has 0 atom stereocenters. The minimum Gasteiger partial charge on any atom is -0.495 e. The van der Waals surface area contributed by atoms with Gasteiger partial charge in [-0.15, -0.1) is 0 Å². The number of hydrogen-bond donors (Lipinski definition) is 1. The average molecular weight is 337 g/mol. The molecule has 0 aromatic heterocycles. The summed E-state index contributed by atoms with van der Waals surface area (Å²) in [6.07, 6.45) is 0. The maximum atomic E-state index is 11.5. The second-order valence-corrected chi connectivity index (χ2v) is 7.12. The highest BCUT2D eigenvalue weighted by atomic mass is 79.9. The number of ether oxygens (including phenoxy) is 1. The van der Waals surface area contributed by atoms with Crippen molar-refractivity contribution in [1.29, 1.82) is 0 Å². The predicted molar refractivity (Wildman–Crippen MR) is 76.7 cm³/mol. The number of nitrogens with one attached hydrogen (secondary N) is 1. The first-order valence-electron chi connectivity index (χ1n) is 5.26. The van der Waals surface area contributed by atoms with Crippen LogP contribution in [0.5, 0.6) is 5.75 Å². The highest BCUT2D eigenvalue weighted by Gasteiger charge is 2.12. The summed E-state index contributed by atoms with van der Waals surface area (Å²) in [6, 6.07) is 5.44. The maximum absolute atomic E-state index is 11.5. The number of alkyl halides is 1. The lowest BCUT2D eigenvalue weighted by atomic mass is 10.2. The molecular formula is C11H17BrN2O3S. The molecule has 0 amide bonds. The molecule has 0 saturated carbocycles. The maximum Gasteiger partial charge on any atom is 0.242 e. The lowest BCUT2D eigenvalue weighted by Gasteiger charge is -2.14. The first kappa shape index (κ1) is 15.3. The third-order valence-corrected chi connectivity index (χ3v) is 4.80. The molecule has 5 nitrogen and oxygen atoms in total. The molecule has 0 unspecified atom stereocenters. The number of benzene rings is 1. The Hall–Kier alpha value is -0.790. The van der Waals surface area contributed by atoms with E-state index in [-0.39, 0.29) is 4.66 Å². The second kappa shape index (κ2) is 6.40. The molecule has 1 N–H and O–H groups in total. The van der Waals surface area contributed by atoms with Gasteiger partial charge in [-0.1, -0.05) is 22.0 Å². The smallest absolute Gasteiger partial charge is 0.242 e. The second-order valence-electron chi connectivity index (χ2n) is 4.10. The molecule has 0 radical (unpaired) electrons. The van der Waals surface area contributed by atoms with Crippen molar-refractivity contribution < 1.29 is 13.2 Å². The fourth-order valence-corrected chi connectivity index (χ4v) is 2.39. The number of hydrogen-bond acceptors (Lipinski definition) is 4. The minimum absolute atomic E-state index is 0.152. The van der Waals surface area contributed by atoms with E-state index >= 15 is 0 Å². The van der Waals surface area contributed by atoms with Crippen molar-refractivity contribution in [1.82, 2.24) is 4.90 Å². The summed E-state index contributed by atoms with van der Waals surface area (Å²) in [5, 5.41) is 0.